The average Bonchev–Trinajstić information content (AvgIpc) is 2.37. The van der Waals surface area contributed by atoms with Crippen LogP contribution in [0.2, 0.25) is 0 Å². The molecule has 1 heterocycles. The number of hydrogen-bond donors (Lipinski definition) is 0. The maximum Gasteiger partial charge on any atom is 0.176 e. The maximum atomic E-state index is 13.0. The minimum Gasteiger partial charge on any atom is -0.299 e. The molecule has 1 aliphatic heterocycles. The molecule has 1 aliphatic rings. The number of likely N-dealkylation sites (tertiary alicyclic amines) is 1. The van der Waals surface area contributed by atoms with Crippen molar-refractivity contribution in [2.24, 2.45) is 5.92 Å². The van der Waals surface area contributed by atoms with Crippen LogP contribution in [0.25, 0.3) is 0 Å². The van der Waals surface area contributed by atoms with Gasteiger partial charge in [-0.25, -0.2) is 8.78 Å². The number of rotatable bonds is 3. The van der Waals surface area contributed by atoms with Crippen molar-refractivity contribution in [2.45, 2.75) is 13.3 Å². The number of halogens is 2. The van der Waals surface area contributed by atoms with E-state index in [2.05, 4.69) is 0 Å². The Balaban J connectivity index is 2.01. The number of nitrogens with zero attached hydrogens (tertiary/aromatic N) is 1. The number of ketones is 2. The summed E-state index contributed by atoms with van der Waals surface area (Å²) >= 11 is 0. The molecule has 0 radical (unpaired) electrons. The van der Waals surface area contributed by atoms with Gasteiger partial charge in [-0.3, -0.25) is 14.5 Å². The van der Waals surface area contributed by atoms with E-state index in [1.807, 2.05) is 11.8 Å². The topological polar surface area (TPSA) is 37.4 Å². The van der Waals surface area contributed by atoms with Gasteiger partial charge in [-0.2, -0.15) is 0 Å². The minimum absolute atomic E-state index is 0.0773. The Morgan fingerprint density at radius 3 is 2.74 bits per heavy atom. The molecular formula is C14H15F2NO2. The van der Waals surface area contributed by atoms with Gasteiger partial charge in [-0.15, -0.1) is 0 Å². The number of piperidine rings is 1. The van der Waals surface area contributed by atoms with Crippen molar-refractivity contribution in [1.29, 1.82) is 0 Å². The highest BCUT2D eigenvalue weighted by Crippen LogP contribution is 2.14. The smallest absolute Gasteiger partial charge is 0.176 e. The number of carbonyl (C=O) groups excluding carboxylic acids is 2. The lowest BCUT2D eigenvalue weighted by Gasteiger charge is -2.29. The molecule has 1 aromatic carbocycles. The molecule has 102 valence electrons. The van der Waals surface area contributed by atoms with Crippen LogP contribution in [-0.4, -0.2) is 36.1 Å². The van der Waals surface area contributed by atoms with E-state index in [4.69, 9.17) is 0 Å². The van der Waals surface area contributed by atoms with Gasteiger partial charge in [0.15, 0.2) is 17.4 Å². The van der Waals surface area contributed by atoms with Crippen LogP contribution >= 0.6 is 0 Å². The summed E-state index contributed by atoms with van der Waals surface area (Å²) in [5.74, 6) is -2.12. The van der Waals surface area contributed by atoms with Crippen molar-refractivity contribution in [3.05, 3.63) is 35.4 Å². The van der Waals surface area contributed by atoms with Gasteiger partial charge in [0.1, 0.15) is 5.78 Å². The summed E-state index contributed by atoms with van der Waals surface area (Å²) in [4.78, 5) is 25.2. The second-order valence-corrected chi connectivity index (χ2v) is 4.90. The van der Waals surface area contributed by atoms with E-state index in [9.17, 15) is 18.4 Å². The summed E-state index contributed by atoms with van der Waals surface area (Å²) < 4.78 is 25.8. The Morgan fingerprint density at radius 1 is 1.37 bits per heavy atom. The molecule has 1 fully saturated rings. The van der Waals surface area contributed by atoms with Crippen molar-refractivity contribution in [2.75, 3.05) is 19.6 Å². The molecule has 0 bridgehead atoms. The Hall–Kier alpha value is -1.62. The van der Waals surface area contributed by atoms with Crippen LogP contribution in [0.1, 0.15) is 23.7 Å². The van der Waals surface area contributed by atoms with E-state index >= 15 is 0 Å². The van der Waals surface area contributed by atoms with Gasteiger partial charge in [-0.05, 0) is 18.2 Å². The van der Waals surface area contributed by atoms with Crippen molar-refractivity contribution in [1.82, 2.24) is 4.90 Å². The zero-order valence-electron chi connectivity index (χ0n) is 10.7. The molecule has 1 saturated heterocycles. The first-order valence-electron chi connectivity index (χ1n) is 6.20. The van der Waals surface area contributed by atoms with Crippen molar-refractivity contribution >= 4 is 11.6 Å². The number of Topliss-reactive ketones (excluding diaryl/α,β-unsaturated/α-hetero) is 2. The van der Waals surface area contributed by atoms with Crippen LogP contribution in [-0.2, 0) is 4.79 Å². The molecule has 1 atom stereocenters. The molecule has 5 heteroatoms. The quantitative estimate of drug-likeness (QED) is 0.787. The first kappa shape index (κ1) is 13.8. The fraction of sp³-hybridized carbons (Fsp3) is 0.429. The van der Waals surface area contributed by atoms with Gasteiger partial charge < -0.3 is 0 Å². The van der Waals surface area contributed by atoms with Crippen molar-refractivity contribution in [3.63, 3.8) is 0 Å². The average molecular weight is 267 g/mol. The van der Waals surface area contributed by atoms with Gasteiger partial charge in [0, 0.05) is 31.0 Å². The van der Waals surface area contributed by atoms with Gasteiger partial charge in [0.05, 0.1) is 6.54 Å². The normalized spacial score (nSPS) is 20.6. The molecule has 0 aliphatic carbocycles. The van der Waals surface area contributed by atoms with Crippen LogP contribution in [0.3, 0.4) is 0 Å². The molecule has 0 saturated carbocycles. The molecule has 1 unspecified atom stereocenters. The molecule has 19 heavy (non-hydrogen) atoms. The first-order chi connectivity index (χ1) is 8.97. The largest absolute Gasteiger partial charge is 0.299 e. The summed E-state index contributed by atoms with van der Waals surface area (Å²) in [5.41, 5.74) is 0.156. The van der Waals surface area contributed by atoms with E-state index in [1.54, 1.807) is 0 Å². The predicted molar refractivity (Wildman–Crippen MR) is 65.9 cm³/mol. The predicted octanol–water partition coefficient (Wildman–Crippen LogP) is 2.06. The van der Waals surface area contributed by atoms with Gasteiger partial charge in [-0.1, -0.05) is 6.92 Å². The van der Waals surface area contributed by atoms with E-state index in [1.165, 1.54) is 6.07 Å². The third kappa shape index (κ3) is 3.23. The highest BCUT2D eigenvalue weighted by Gasteiger charge is 2.25. The summed E-state index contributed by atoms with van der Waals surface area (Å²) in [6.07, 6.45) is 0.437. The van der Waals surface area contributed by atoms with E-state index < -0.39 is 11.6 Å². The van der Waals surface area contributed by atoms with Crippen LogP contribution < -0.4 is 0 Å². The van der Waals surface area contributed by atoms with Crippen molar-refractivity contribution < 1.29 is 18.4 Å². The zero-order valence-corrected chi connectivity index (χ0v) is 10.7. The first-order valence-corrected chi connectivity index (χ1v) is 6.20. The summed E-state index contributed by atoms with van der Waals surface area (Å²) in [6, 6.07) is 3.14. The van der Waals surface area contributed by atoms with E-state index in [0.29, 0.717) is 19.5 Å². The van der Waals surface area contributed by atoms with Crippen LogP contribution in [0.5, 0.6) is 0 Å². The second-order valence-electron chi connectivity index (χ2n) is 4.90. The molecule has 3 nitrogen and oxygen atoms in total. The summed E-state index contributed by atoms with van der Waals surface area (Å²) in [6.45, 7) is 3.03. The lowest BCUT2D eigenvalue weighted by molar-refractivity contribution is -0.125. The Morgan fingerprint density at radius 2 is 2.11 bits per heavy atom. The summed E-state index contributed by atoms with van der Waals surface area (Å²) in [7, 11) is 0. The fourth-order valence-corrected chi connectivity index (χ4v) is 2.20. The third-order valence-corrected chi connectivity index (χ3v) is 3.36. The molecule has 0 aromatic heterocycles. The van der Waals surface area contributed by atoms with Crippen molar-refractivity contribution in [3.8, 4) is 0 Å². The van der Waals surface area contributed by atoms with Gasteiger partial charge in [0.25, 0.3) is 0 Å². The molecule has 0 N–H and O–H groups in total. The Kier molecular flexibility index (Phi) is 4.04. The highest BCUT2D eigenvalue weighted by molar-refractivity contribution is 5.97. The molecule has 1 aromatic rings. The van der Waals surface area contributed by atoms with E-state index in [0.717, 1.165) is 12.1 Å². The number of benzene rings is 1. The molecule has 0 amide bonds. The van der Waals surface area contributed by atoms with E-state index in [-0.39, 0.29) is 29.6 Å². The molecule has 2 rings (SSSR count). The van der Waals surface area contributed by atoms with Crippen LogP contribution in [0, 0.1) is 17.6 Å². The SMILES string of the molecule is CC1CN(CC(=O)c2ccc(F)c(F)c2)CCC1=O. The Bertz CT molecular complexity index is 516. The van der Waals surface area contributed by atoms with Crippen LogP contribution in [0.4, 0.5) is 8.78 Å². The monoisotopic (exact) mass is 267 g/mol. The second kappa shape index (κ2) is 5.57. The fourth-order valence-electron chi connectivity index (χ4n) is 2.20. The summed E-state index contributed by atoms with van der Waals surface area (Å²) in [5, 5.41) is 0. The lowest BCUT2D eigenvalue weighted by Crippen LogP contribution is -2.42. The van der Waals surface area contributed by atoms with Crippen LogP contribution in [0.15, 0.2) is 18.2 Å². The maximum absolute atomic E-state index is 13.0. The lowest BCUT2D eigenvalue weighted by atomic mass is 9.98. The zero-order chi connectivity index (χ0) is 14.0. The standard InChI is InChI=1S/C14H15F2NO2/c1-9-7-17(5-4-13(9)18)8-14(19)10-2-3-11(15)12(16)6-10/h2-3,6,9H,4-5,7-8H2,1H3. The minimum atomic E-state index is -1.02. The number of carbonyl (C=O) groups is 2. The Labute approximate surface area is 110 Å². The third-order valence-electron chi connectivity index (χ3n) is 3.36. The molecule has 0 spiro atoms. The highest BCUT2D eigenvalue weighted by atomic mass is 19.2. The molecular weight excluding hydrogens is 252 g/mol. The van der Waals surface area contributed by atoms with Gasteiger partial charge in [0.2, 0.25) is 0 Å². The van der Waals surface area contributed by atoms with Gasteiger partial charge >= 0.3 is 0 Å². The number of hydrogen-bond acceptors (Lipinski definition) is 3.